The van der Waals surface area contributed by atoms with E-state index in [1.165, 1.54) is 31.2 Å². The summed E-state index contributed by atoms with van der Waals surface area (Å²) < 4.78 is 1.14. The fourth-order valence-electron chi connectivity index (χ4n) is 3.50. The number of nitrogens with one attached hydrogen (secondary N) is 1. The predicted molar refractivity (Wildman–Crippen MR) is 84.7 cm³/mol. The van der Waals surface area contributed by atoms with Gasteiger partial charge in [0.1, 0.15) is 0 Å². The molecule has 1 aliphatic rings. The third kappa shape index (κ3) is 3.80. The molecule has 0 aliphatic heterocycles. The molecule has 1 aromatic rings. The van der Waals surface area contributed by atoms with E-state index in [0.717, 1.165) is 10.9 Å². The second kappa shape index (κ2) is 6.38. The van der Waals surface area contributed by atoms with Gasteiger partial charge >= 0.3 is 0 Å². The molecule has 0 saturated heterocycles. The van der Waals surface area contributed by atoms with Gasteiger partial charge in [0.15, 0.2) is 0 Å². The highest BCUT2D eigenvalue weighted by atomic mass is 79.9. The molecule has 2 rings (SSSR count). The van der Waals surface area contributed by atoms with Crippen LogP contribution in [0.25, 0.3) is 0 Å². The number of halogens is 1. The molecule has 2 atom stereocenters. The van der Waals surface area contributed by atoms with Gasteiger partial charge in [-0.25, -0.2) is 0 Å². The van der Waals surface area contributed by atoms with Crippen LogP contribution in [0.5, 0.6) is 0 Å². The molecule has 19 heavy (non-hydrogen) atoms. The first-order chi connectivity index (χ1) is 9.03. The number of hydrogen-bond acceptors (Lipinski definition) is 2. The minimum Gasteiger partial charge on any atom is -0.271 e. The molecule has 0 bridgehead atoms. The van der Waals surface area contributed by atoms with Crippen molar-refractivity contribution in [1.82, 2.24) is 5.43 Å². The van der Waals surface area contributed by atoms with E-state index in [-0.39, 0.29) is 0 Å². The van der Waals surface area contributed by atoms with Crippen LogP contribution in [-0.4, -0.2) is 6.04 Å². The van der Waals surface area contributed by atoms with Crippen molar-refractivity contribution in [3.63, 3.8) is 0 Å². The maximum Gasteiger partial charge on any atom is 0.0284 e. The Bertz CT molecular complexity index is 417. The van der Waals surface area contributed by atoms with E-state index < -0.39 is 0 Å². The van der Waals surface area contributed by atoms with E-state index in [2.05, 4.69) is 59.5 Å². The molecule has 0 radical (unpaired) electrons. The summed E-state index contributed by atoms with van der Waals surface area (Å²) >= 11 is 3.54. The number of benzene rings is 1. The molecule has 2 unspecified atom stereocenters. The maximum atomic E-state index is 5.85. The molecular weight excluding hydrogens is 300 g/mol. The van der Waals surface area contributed by atoms with Crippen LogP contribution in [0.2, 0.25) is 0 Å². The standard InChI is InChI=1S/C16H25BrN2/c1-16(2)9-4-3-8-14(16)15(19-18)11-12-6-5-7-13(17)10-12/h5-7,10,14-15,19H,3-4,8-9,11,18H2,1-2H3. The summed E-state index contributed by atoms with van der Waals surface area (Å²) in [5, 5.41) is 0. The van der Waals surface area contributed by atoms with Crippen molar-refractivity contribution in [2.75, 3.05) is 0 Å². The Hall–Kier alpha value is -0.380. The Morgan fingerprint density at radius 2 is 2.21 bits per heavy atom. The highest BCUT2D eigenvalue weighted by Crippen LogP contribution is 2.42. The van der Waals surface area contributed by atoms with Crippen LogP contribution in [0.4, 0.5) is 0 Å². The van der Waals surface area contributed by atoms with Gasteiger partial charge in [0.25, 0.3) is 0 Å². The lowest BCUT2D eigenvalue weighted by atomic mass is 9.65. The Morgan fingerprint density at radius 3 is 2.84 bits per heavy atom. The molecule has 0 heterocycles. The molecule has 106 valence electrons. The number of hydrogen-bond donors (Lipinski definition) is 2. The number of rotatable bonds is 4. The summed E-state index contributed by atoms with van der Waals surface area (Å²) in [6.45, 7) is 4.78. The zero-order chi connectivity index (χ0) is 13.9. The quantitative estimate of drug-likeness (QED) is 0.648. The van der Waals surface area contributed by atoms with Gasteiger partial charge in [-0.3, -0.25) is 11.3 Å². The minimum absolute atomic E-state index is 0.365. The lowest BCUT2D eigenvalue weighted by molar-refractivity contribution is 0.0982. The zero-order valence-electron chi connectivity index (χ0n) is 12.0. The molecule has 1 saturated carbocycles. The SMILES string of the molecule is CC1(C)CCCCC1C(Cc1cccc(Br)c1)NN. The van der Waals surface area contributed by atoms with Crippen molar-refractivity contribution < 1.29 is 0 Å². The van der Waals surface area contributed by atoms with Gasteiger partial charge in [-0.2, -0.15) is 0 Å². The number of nitrogens with two attached hydrogens (primary N) is 1. The fourth-order valence-corrected chi connectivity index (χ4v) is 3.95. The Labute approximate surface area is 125 Å². The predicted octanol–water partition coefficient (Wildman–Crippen LogP) is 4.04. The average Bonchev–Trinajstić information content (AvgIpc) is 2.36. The first kappa shape index (κ1) is 15.0. The number of hydrazine groups is 1. The molecule has 0 spiro atoms. The second-order valence-electron chi connectivity index (χ2n) is 6.45. The maximum absolute atomic E-state index is 5.85. The second-order valence-corrected chi connectivity index (χ2v) is 7.36. The first-order valence-corrected chi connectivity index (χ1v) is 8.03. The van der Waals surface area contributed by atoms with E-state index in [1.54, 1.807) is 0 Å². The zero-order valence-corrected chi connectivity index (χ0v) is 13.5. The van der Waals surface area contributed by atoms with E-state index in [9.17, 15) is 0 Å². The van der Waals surface area contributed by atoms with Crippen LogP contribution < -0.4 is 11.3 Å². The van der Waals surface area contributed by atoms with Crippen molar-refractivity contribution in [1.29, 1.82) is 0 Å². The van der Waals surface area contributed by atoms with Crippen LogP contribution in [0.3, 0.4) is 0 Å². The summed E-state index contributed by atoms with van der Waals surface area (Å²) in [7, 11) is 0. The Morgan fingerprint density at radius 1 is 1.42 bits per heavy atom. The van der Waals surface area contributed by atoms with Crippen LogP contribution >= 0.6 is 15.9 Å². The summed E-state index contributed by atoms with van der Waals surface area (Å²) in [5.41, 5.74) is 4.82. The van der Waals surface area contributed by atoms with Gasteiger partial charge in [0.05, 0.1) is 0 Å². The first-order valence-electron chi connectivity index (χ1n) is 7.23. The van der Waals surface area contributed by atoms with E-state index in [1.807, 2.05) is 0 Å². The summed E-state index contributed by atoms with van der Waals surface area (Å²) in [4.78, 5) is 0. The van der Waals surface area contributed by atoms with Crippen molar-refractivity contribution >= 4 is 15.9 Å². The van der Waals surface area contributed by atoms with E-state index >= 15 is 0 Å². The molecule has 0 aromatic heterocycles. The molecule has 1 fully saturated rings. The van der Waals surface area contributed by atoms with Gasteiger partial charge < -0.3 is 0 Å². The third-order valence-corrected chi connectivity index (χ3v) is 5.13. The average molecular weight is 325 g/mol. The molecule has 0 amide bonds. The Balaban J connectivity index is 2.11. The van der Waals surface area contributed by atoms with Gasteiger partial charge in [0.2, 0.25) is 0 Å². The topological polar surface area (TPSA) is 38.0 Å². The minimum atomic E-state index is 0.365. The molecule has 3 heteroatoms. The van der Waals surface area contributed by atoms with Crippen LogP contribution in [0.1, 0.15) is 45.1 Å². The lowest BCUT2D eigenvalue weighted by Crippen LogP contribution is -2.48. The van der Waals surface area contributed by atoms with Crippen LogP contribution in [0.15, 0.2) is 28.7 Å². The van der Waals surface area contributed by atoms with Crippen LogP contribution in [-0.2, 0) is 6.42 Å². The fraction of sp³-hybridized carbons (Fsp3) is 0.625. The lowest BCUT2D eigenvalue weighted by Gasteiger charge is -2.43. The van der Waals surface area contributed by atoms with Gasteiger partial charge in [-0.15, -0.1) is 0 Å². The third-order valence-electron chi connectivity index (χ3n) is 4.63. The highest BCUT2D eigenvalue weighted by Gasteiger charge is 2.37. The monoisotopic (exact) mass is 324 g/mol. The molecule has 2 nitrogen and oxygen atoms in total. The smallest absolute Gasteiger partial charge is 0.0284 e. The normalized spacial score (nSPS) is 24.1. The highest BCUT2D eigenvalue weighted by molar-refractivity contribution is 9.10. The van der Waals surface area contributed by atoms with E-state index in [4.69, 9.17) is 5.84 Å². The van der Waals surface area contributed by atoms with Crippen molar-refractivity contribution in [3.05, 3.63) is 34.3 Å². The molecule has 1 aromatic carbocycles. The van der Waals surface area contributed by atoms with Gasteiger partial charge in [0, 0.05) is 10.5 Å². The van der Waals surface area contributed by atoms with Crippen molar-refractivity contribution in [2.45, 2.75) is 52.0 Å². The van der Waals surface area contributed by atoms with E-state index in [0.29, 0.717) is 17.4 Å². The largest absolute Gasteiger partial charge is 0.271 e. The summed E-state index contributed by atoms with van der Waals surface area (Å²) in [5.74, 6) is 6.51. The summed E-state index contributed by atoms with van der Waals surface area (Å²) in [6, 6.07) is 8.91. The van der Waals surface area contributed by atoms with Crippen molar-refractivity contribution in [2.24, 2.45) is 17.2 Å². The van der Waals surface area contributed by atoms with Gasteiger partial charge in [-0.1, -0.05) is 54.8 Å². The summed E-state index contributed by atoms with van der Waals surface area (Å²) in [6.07, 6.45) is 6.30. The Kier molecular flexibility index (Phi) is 5.04. The van der Waals surface area contributed by atoms with Crippen molar-refractivity contribution in [3.8, 4) is 0 Å². The molecular formula is C16H25BrN2. The van der Waals surface area contributed by atoms with Crippen LogP contribution in [0, 0.1) is 11.3 Å². The van der Waals surface area contributed by atoms with Gasteiger partial charge in [-0.05, 0) is 48.3 Å². The molecule has 3 N–H and O–H groups in total. The molecule has 1 aliphatic carbocycles.